The number of benzene rings is 4. The lowest BCUT2D eigenvalue weighted by molar-refractivity contribution is -0.145. The first kappa shape index (κ1) is 32.6. The van der Waals surface area contributed by atoms with E-state index in [0.717, 1.165) is 27.6 Å². The van der Waals surface area contributed by atoms with Crippen molar-refractivity contribution in [3.05, 3.63) is 125 Å². The van der Waals surface area contributed by atoms with Crippen molar-refractivity contribution in [3.63, 3.8) is 0 Å². The standard InChI is InChI=1S/C40H37N3O7/c1-48-25-19-17-24(18-20-25)37(44)36-31(30-14-7-8-15-33(30)41-36)22-34(39(46)49-2)42-38(45)35-16-9-21-43(35)40(47)50-23-32-28-12-5-3-10-26(28)27-11-4-6-13-29(27)32/h3-8,10-15,17-20,32,34-35,41H,9,16,21-23H2,1-2H3,(H,42,45)/t34-,35-/m0/s1. The number of H-pyrrole nitrogens is 1. The van der Waals surface area contributed by atoms with Crippen molar-refractivity contribution in [2.75, 3.05) is 27.4 Å². The smallest absolute Gasteiger partial charge is 0.410 e. The number of hydrogen-bond acceptors (Lipinski definition) is 7. The van der Waals surface area contributed by atoms with E-state index in [2.05, 4.69) is 34.6 Å². The van der Waals surface area contributed by atoms with E-state index in [9.17, 15) is 19.2 Å². The summed E-state index contributed by atoms with van der Waals surface area (Å²) in [4.78, 5) is 58.9. The Hall–Kier alpha value is -5.90. The van der Waals surface area contributed by atoms with Crippen LogP contribution in [-0.2, 0) is 25.5 Å². The van der Waals surface area contributed by atoms with Gasteiger partial charge < -0.3 is 24.5 Å². The van der Waals surface area contributed by atoms with Crippen LogP contribution in [0.3, 0.4) is 0 Å². The molecule has 0 radical (unpaired) electrons. The Balaban J connectivity index is 1.08. The van der Waals surface area contributed by atoms with Crippen LogP contribution in [0.15, 0.2) is 97.1 Å². The number of hydrogen-bond donors (Lipinski definition) is 2. The van der Waals surface area contributed by atoms with E-state index in [0.29, 0.717) is 47.5 Å². The number of ether oxygens (including phenoxy) is 3. The number of aromatic amines is 1. The van der Waals surface area contributed by atoms with E-state index in [1.807, 2.05) is 48.5 Å². The van der Waals surface area contributed by atoms with Crippen LogP contribution >= 0.6 is 0 Å². The molecule has 1 aromatic heterocycles. The highest BCUT2D eigenvalue weighted by molar-refractivity contribution is 6.12. The van der Waals surface area contributed by atoms with Crippen LogP contribution in [-0.4, -0.2) is 73.1 Å². The molecule has 2 atom stereocenters. The first-order valence-corrected chi connectivity index (χ1v) is 16.7. The monoisotopic (exact) mass is 671 g/mol. The summed E-state index contributed by atoms with van der Waals surface area (Å²) in [5.74, 6) is -0.931. The number of aromatic nitrogens is 1. The van der Waals surface area contributed by atoms with Gasteiger partial charge in [0.1, 0.15) is 24.4 Å². The SMILES string of the molecule is COC(=O)[C@H](Cc1c(C(=O)c2ccc(OC)cc2)[nH]c2ccccc12)NC(=O)[C@@H]1CCCN1C(=O)OCC1c2ccccc2-c2ccccc21. The van der Waals surface area contributed by atoms with Gasteiger partial charge >= 0.3 is 12.1 Å². The molecule has 2 heterocycles. The van der Waals surface area contributed by atoms with Gasteiger partial charge in [0, 0.05) is 35.3 Å². The Kier molecular flexibility index (Phi) is 9.08. The molecule has 5 aromatic rings. The fourth-order valence-corrected chi connectivity index (χ4v) is 7.23. The Morgan fingerprint density at radius 2 is 1.52 bits per heavy atom. The summed E-state index contributed by atoms with van der Waals surface area (Å²) in [6, 6.07) is 28.4. The molecular formula is C40H37N3O7. The van der Waals surface area contributed by atoms with E-state index in [1.54, 1.807) is 31.4 Å². The zero-order chi connectivity index (χ0) is 34.8. The van der Waals surface area contributed by atoms with E-state index in [1.165, 1.54) is 12.0 Å². The molecule has 50 heavy (non-hydrogen) atoms. The van der Waals surface area contributed by atoms with Crippen molar-refractivity contribution >= 4 is 34.7 Å². The van der Waals surface area contributed by atoms with E-state index in [-0.39, 0.29) is 24.7 Å². The van der Waals surface area contributed by atoms with Crippen molar-refractivity contribution in [2.45, 2.75) is 37.3 Å². The van der Waals surface area contributed by atoms with Crippen LogP contribution in [0.25, 0.3) is 22.0 Å². The molecule has 0 saturated carbocycles. The summed E-state index contributed by atoms with van der Waals surface area (Å²) in [6.07, 6.45) is 0.423. The van der Waals surface area contributed by atoms with Crippen LogP contribution in [0, 0.1) is 0 Å². The van der Waals surface area contributed by atoms with Crippen LogP contribution in [0.4, 0.5) is 4.79 Å². The van der Waals surface area contributed by atoms with Crippen molar-refractivity contribution in [2.24, 2.45) is 0 Å². The molecule has 0 spiro atoms. The Morgan fingerprint density at radius 3 is 2.20 bits per heavy atom. The number of ketones is 1. The summed E-state index contributed by atoms with van der Waals surface area (Å²) >= 11 is 0. The number of likely N-dealkylation sites (tertiary alicyclic amines) is 1. The van der Waals surface area contributed by atoms with Gasteiger partial charge in [-0.15, -0.1) is 0 Å². The summed E-state index contributed by atoms with van der Waals surface area (Å²) in [7, 11) is 2.80. The normalized spacial score (nSPS) is 15.6. The highest BCUT2D eigenvalue weighted by atomic mass is 16.6. The maximum atomic E-state index is 13.8. The number of esters is 1. The van der Waals surface area contributed by atoms with Gasteiger partial charge in [0.2, 0.25) is 11.7 Å². The van der Waals surface area contributed by atoms with Crippen molar-refractivity contribution in [3.8, 4) is 16.9 Å². The number of para-hydroxylation sites is 1. The average Bonchev–Trinajstić information content (AvgIpc) is 3.88. The van der Waals surface area contributed by atoms with Crippen LogP contribution in [0.5, 0.6) is 5.75 Å². The number of methoxy groups -OCH3 is 2. The zero-order valence-corrected chi connectivity index (χ0v) is 27.8. The molecule has 1 aliphatic carbocycles. The molecule has 2 aliphatic rings. The Bertz CT molecular complexity index is 2040. The minimum atomic E-state index is -1.13. The third-order valence-electron chi connectivity index (χ3n) is 9.73. The molecule has 10 nitrogen and oxygen atoms in total. The van der Waals surface area contributed by atoms with Crippen molar-refractivity contribution in [1.82, 2.24) is 15.2 Å². The molecule has 1 aliphatic heterocycles. The average molecular weight is 672 g/mol. The second-order valence-electron chi connectivity index (χ2n) is 12.5. The molecular weight excluding hydrogens is 634 g/mol. The lowest BCUT2D eigenvalue weighted by Crippen LogP contribution is -2.52. The van der Waals surface area contributed by atoms with E-state index in [4.69, 9.17) is 14.2 Å². The van der Waals surface area contributed by atoms with Gasteiger partial charge in [0.05, 0.1) is 19.9 Å². The first-order chi connectivity index (χ1) is 24.4. The van der Waals surface area contributed by atoms with E-state index < -0.39 is 30.1 Å². The highest BCUT2D eigenvalue weighted by Gasteiger charge is 2.38. The highest BCUT2D eigenvalue weighted by Crippen LogP contribution is 2.44. The quantitative estimate of drug-likeness (QED) is 0.137. The molecule has 4 aromatic carbocycles. The fourth-order valence-electron chi connectivity index (χ4n) is 7.23. The second kappa shape index (κ2) is 13.9. The summed E-state index contributed by atoms with van der Waals surface area (Å²) in [6.45, 7) is 0.481. The largest absolute Gasteiger partial charge is 0.497 e. The van der Waals surface area contributed by atoms with Crippen LogP contribution in [0.1, 0.15) is 51.5 Å². The van der Waals surface area contributed by atoms with Gasteiger partial charge in [-0.25, -0.2) is 9.59 Å². The molecule has 254 valence electrons. The number of nitrogens with zero attached hydrogens (tertiary/aromatic N) is 1. The predicted octanol–water partition coefficient (Wildman–Crippen LogP) is 6.02. The molecule has 7 rings (SSSR count). The lowest BCUT2D eigenvalue weighted by atomic mass is 9.97. The van der Waals surface area contributed by atoms with Gasteiger partial charge in [-0.1, -0.05) is 66.7 Å². The van der Waals surface area contributed by atoms with E-state index >= 15 is 0 Å². The Labute approximate surface area is 289 Å². The van der Waals surface area contributed by atoms with Crippen molar-refractivity contribution < 1.29 is 33.4 Å². The second-order valence-corrected chi connectivity index (χ2v) is 12.5. The summed E-state index contributed by atoms with van der Waals surface area (Å²) in [5.41, 5.74) is 6.47. The molecule has 0 unspecified atom stereocenters. The number of nitrogens with one attached hydrogen (secondary N) is 2. The number of carbonyl (C=O) groups is 4. The van der Waals surface area contributed by atoms with Gasteiger partial charge in [-0.05, 0) is 71.0 Å². The maximum absolute atomic E-state index is 13.8. The van der Waals surface area contributed by atoms with Gasteiger partial charge in [-0.3, -0.25) is 14.5 Å². The third kappa shape index (κ3) is 6.09. The molecule has 2 N–H and O–H groups in total. The number of rotatable bonds is 10. The topological polar surface area (TPSA) is 127 Å². The van der Waals surface area contributed by atoms with Crippen LogP contribution < -0.4 is 10.1 Å². The fraction of sp³-hybridized carbons (Fsp3) is 0.250. The summed E-state index contributed by atoms with van der Waals surface area (Å²) < 4.78 is 16.2. The zero-order valence-electron chi connectivity index (χ0n) is 27.8. The first-order valence-electron chi connectivity index (χ1n) is 16.7. The van der Waals surface area contributed by atoms with Gasteiger partial charge in [-0.2, -0.15) is 0 Å². The maximum Gasteiger partial charge on any atom is 0.410 e. The number of fused-ring (bicyclic) bond motifs is 4. The molecule has 1 saturated heterocycles. The van der Waals surface area contributed by atoms with Crippen molar-refractivity contribution in [1.29, 1.82) is 0 Å². The molecule has 10 heteroatoms. The number of carbonyl (C=O) groups excluding carboxylic acids is 4. The third-order valence-corrected chi connectivity index (χ3v) is 9.73. The molecule has 1 fully saturated rings. The van der Waals surface area contributed by atoms with Gasteiger partial charge in [0.15, 0.2) is 0 Å². The summed E-state index contributed by atoms with van der Waals surface area (Å²) in [5, 5.41) is 3.58. The molecule has 2 amide bonds. The minimum absolute atomic E-state index is 0.0165. The number of amides is 2. The van der Waals surface area contributed by atoms with Crippen LogP contribution in [0.2, 0.25) is 0 Å². The predicted molar refractivity (Wildman–Crippen MR) is 187 cm³/mol. The van der Waals surface area contributed by atoms with Gasteiger partial charge in [0.25, 0.3) is 0 Å². The lowest BCUT2D eigenvalue weighted by Gasteiger charge is -2.26. The Morgan fingerprint density at radius 1 is 0.860 bits per heavy atom. The minimum Gasteiger partial charge on any atom is -0.497 e. The molecule has 0 bridgehead atoms.